The molecular weight excluding hydrogens is 426 g/mol. The molecule has 7 nitrogen and oxygen atoms in total. The van der Waals surface area contributed by atoms with Gasteiger partial charge in [-0.05, 0) is 36.4 Å². The molecule has 0 fully saturated rings. The summed E-state index contributed by atoms with van der Waals surface area (Å²) in [6, 6.07) is 30.2. The van der Waals surface area contributed by atoms with Gasteiger partial charge in [0.25, 0.3) is 0 Å². The molecule has 6 aromatic rings. The summed E-state index contributed by atoms with van der Waals surface area (Å²) in [6.07, 6.45) is 3.53. The summed E-state index contributed by atoms with van der Waals surface area (Å²) in [4.78, 5) is 9.42. The molecule has 0 spiro atoms. The van der Waals surface area contributed by atoms with Crippen molar-refractivity contribution < 1.29 is 9.84 Å². The quantitative estimate of drug-likeness (QED) is 0.364. The van der Waals surface area contributed by atoms with E-state index in [0.29, 0.717) is 23.1 Å². The van der Waals surface area contributed by atoms with Gasteiger partial charge in [0.05, 0.1) is 16.7 Å². The van der Waals surface area contributed by atoms with Crippen LogP contribution in [0.15, 0.2) is 109 Å². The third-order valence-corrected chi connectivity index (χ3v) is 5.45. The molecule has 0 aliphatic carbocycles. The van der Waals surface area contributed by atoms with Crippen molar-refractivity contribution in [3.05, 3.63) is 109 Å². The molecule has 0 unspecified atom stereocenters. The zero-order valence-corrected chi connectivity index (χ0v) is 18.0. The fourth-order valence-electron chi connectivity index (χ4n) is 3.91. The number of imidazole rings is 1. The maximum absolute atomic E-state index is 10.6. The van der Waals surface area contributed by atoms with Crippen LogP contribution in [0.2, 0.25) is 0 Å². The van der Waals surface area contributed by atoms with Gasteiger partial charge in [0, 0.05) is 30.1 Å². The van der Waals surface area contributed by atoms with Crippen molar-refractivity contribution in [1.29, 1.82) is 0 Å². The van der Waals surface area contributed by atoms with Crippen LogP contribution >= 0.6 is 0 Å². The zero-order chi connectivity index (χ0) is 22.9. The highest BCUT2D eigenvalue weighted by molar-refractivity contribution is 5.85. The molecule has 3 aromatic heterocycles. The van der Waals surface area contributed by atoms with Crippen molar-refractivity contribution in [2.75, 3.05) is 0 Å². The van der Waals surface area contributed by atoms with Crippen LogP contribution in [0.4, 0.5) is 0 Å². The van der Waals surface area contributed by atoms with Crippen LogP contribution in [-0.2, 0) is 0 Å². The number of phenols is 1. The van der Waals surface area contributed by atoms with Crippen molar-refractivity contribution >= 4 is 11.0 Å². The van der Waals surface area contributed by atoms with Crippen molar-refractivity contribution in [3.63, 3.8) is 0 Å². The van der Waals surface area contributed by atoms with Crippen molar-refractivity contribution in [2.24, 2.45) is 0 Å². The fraction of sp³-hybridized carbons (Fsp3) is 0. The third-order valence-electron chi connectivity index (χ3n) is 5.45. The van der Waals surface area contributed by atoms with E-state index >= 15 is 0 Å². The Morgan fingerprint density at radius 2 is 1.62 bits per heavy atom. The second kappa shape index (κ2) is 8.22. The average Bonchev–Trinajstić information content (AvgIpc) is 3.54. The van der Waals surface area contributed by atoms with Gasteiger partial charge in [0.15, 0.2) is 5.82 Å². The first kappa shape index (κ1) is 19.8. The highest BCUT2D eigenvalue weighted by Crippen LogP contribution is 2.34. The smallest absolute Gasteiger partial charge is 0.221 e. The zero-order valence-electron chi connectivity index (χ0n) is 18.0. The molecule has 0 amide bonds. The van der Waals surface area contributed by atoms with Crippen LogP contribution in [0.5, 0.6) is 17.4 Å². The van der Waals surface area contributed by atoms with Crippen molar-refractivity contribution in [2.45, 2.75) is 0 Å². The molecule has 0 saturated carbocycles. The number of benzene rings is 3. The van der Waals surface area contributed by atoms with Gasteiger partial charge in [0.1, 0.15) is 17.3 Å². The molecule has 0 aliphatic heterocycles. The lowest BCUT2D eigenvalue weighted by molar-refractivity contribution is 0.462. The lowest BCUT2D eigenvalue weighted by atomic mass is 10.2. The van der Waals surface area contributed by atoms with E-state index in [4.69, 9.17) is 9.72 Å². The Balaban J connectivity index is 1.47. The van der Waals surface area contributed by atoms with Crippen LogP contribution in [0.1, 0.15) is 0 Å². The molecule has 164 valence electrons. The second-order valence-electron chi connectivity index (χ2n) is 7.66. The van der Waals surface area contributed by atoms with Crippen LogP contribution < -0.4 is 4.74 Å². The van der Waals surface area contributed by atoms with Crippen LogP contribution in [0.3, 0.4) is 0 Å². The minimum absolute atomic E-state index is 0.166. The first-order chi connectivity index (χ1) is 16.8. The molecular formula is C27H19N5O2. The van der Waals surface area contributed by atoms with Crippen molar-refractivity contribution in [3.8, 4) is 40.3 Å². The van der Waals surface area contributed by atoms with Crippen LogP contribution in [0.25, 0.3) is 33.9 Å². The van der Waals surface area contributed by atoms with Gasteiger partial charge < -0.3 is 9.84 Å². The van der Waals surface area contributed by atoms with Crippen LogP contribution in [0, 0.1) is 0 Å². The predicted octanol–water partition coefficient (Wildman–Crippen LogP) is 5.77. The summed E-state index contributed by atoms with van der Waals surface area (Å²) in [5.74, 6) is 2.61. The van der Waals surface area contributed by atoms with Gasteiger partial charge in [-0.2, -0.15) is 10.1 Å². The monoisotopic (exact) mass is 445 g/mol. The first-order valence-corrected chi connectivity index (χ1v) is 10.8. The normalized spacial score (nSPS) is 11.1. The molecule has 0 bridgehead atoms. The van der Waals surface area contributed by atoms with Crippen molar-refractivity contribution in [1.82, 2.24) is 24.3 Å². The molecule has 0 aliphatic rings. The lowest BCUT2D eigenvalue weighted by Crippen LogP contribution is -1.99. The van der Waals surface area contributed by atoms with E-state index in [1.807, 2.05) is 89.6 Å². The van der Waals surface area contributed by atoms with Gasteiger partial charge >= 0.3 is 0 Å². The number of hydrogen-bond donors (Lipinski definition) is 1. The van der Waals surface area contributed by atoms with E-state index in [2.05, 4.69) is 10.1 Å². The maximum atomic E-state index is 10.6. The third kappa shape index (κ3) is 3.55. The molecule has 1 N–H and O–H groups in total. The largest absolute Gasteiger partial charge is 0.506 e. The van der Waals surface area contributed by atoms with E-state index in [9.17, 15) is 5.11 Å². The molecule has 7 heteroatoms. The van der Waals surface area contributed by atoms with E-state index in [0.717, 1.165) is 22.4 Å². The number of ether oxygens (including phenoxy) is 1. The number of hydrogen-bond acceptors (Lipinski definition) is 5. The van der Waals surface area contributed by atoms with Crippen LogP contribution in [-0.4, -0.2) is 29.4 Å². The minimum atomic E-state index is 0.166. The molecule has 3 aromatic carbocycles. The Kier molecular flexibility index (Phi) is 4.77. The molecule has 3 heterocycles. The van der Waals surface area contributed by atoms with Gasteiger partial charge in [0.2, 0.25) is 5.88 Å². The van der Waals surface area contributed by atoms with E-state index < -0.39 is 0 Å². The van der Waals surface area contributed by atoms with Gasteiger partial charge in [-0.25, -0.2) is 9.67 Å². The molecule has 0 radical (unpaired) electrons. The number of aromatic hydroxyl groups is 1. The lowest BCUT2D eigenvalue weighted by Gasteiger charge is -2.12. The van der Waals surface area contributed by atoms with Gasteiger partial charge in [-0.3, -0.25) is 4.57 Å². The number of pyridine rings is 1. The summed E-state index contributed by atoms with van der Waals surface area (Å²) >= 11 is 0. The standard InChI is InChI=1S/C27H19N5O2/c33-24-11-5-4-10-22(24)32-23-18-20(14-15-21(23)29-27(32)19-8-2-1-3-9-19)34-26-13-6-12-25(30-26)31-17-7-16-28-31/h1-18,33H. The fourth-order valence-corrected chi connectivity index (χ4v) is 3.91. The Bertz CT molecular complexity index is 1590. The summed E-state index contributed by atoms with van der Waals surface area (Å²) in [6.45, 7) is 0. The number of aromatic nitrogens is 5. The predicted molar refractivity (Wildman–Crippen MR) is 130 cm³/mol. The van der Waals surface area contributed by atoms with Gasteiger partial charge in [-0.15, -0.1) is 0 Å². The number of para-hydroxylation sites is 2. The summed E-state index contributed by atoms with van der Waals surface area (Å²) in [7, 11) is 0. The molecule has 34 heavy (non-hydrogen) atoms. The van der Waals surface area contributed by atoms with Gasteiger partial charge in [-0.1, -0.05) is 48.5 Å². The molecule has 0 saturated heterocycles. The Morgan fingerprint density at radius 3 is 2.44 bits per heavy atom. The molecule has 6 rings (SSSR count). The number of nitrogens with zero attached hydrogens (tertiary/aromatic N) is 5. The van der Waals surface area contributed by atoms with E-state index in [-0.39, 0.29) is 5.75 Å². The average molecular weight is 445 g/mol. The Morgan fingerprint density at radius 1 is 0.765 bits per heavy atom. The Hall–Kier alpha value is -4.91. The topological polar surface area (TPSA) is 78.0 Å². The summed E-state index contributed by atoms with van der Waals surface area (Å²) in [5.41, 5.74) is 3.17. The minimum Gasteiger partial charge on any atom is -0.506 e. The number of rotatable bonds is 5. The number of fused-ring (bicyclic) bond motifs is 1. The SMILES string of the molecule is Oc1ccccc1-n1c(-c2ccccc2)nc2ccc(Oc3cccc(-n4cccn4)n3)cc21. The summed E-state index contributed by atoms with van der Waals surface area (Å²) in [5, 5.41) is 14.9. The van der Waals surface area contributed by atoms with E-state index in [1.165, 1.54) is 0 Å². The maximum Gasteiger partial charge on any atom is 0.221 e. The second-order valence-corrected chi connectivity index (χ2v) is 7.66. The first-order valence-electron chi connectivity index (χ1n) is 10.8. The molecule has 0 atom stereocenters. The summed E-state index contributed by atoms with van der Waals surface area (Å²) < 4.78 is 9.73. The highest BCUT2D eigenvalue weighted by atomic mass is 16.5. The Labute approximate surface area is 195 Å². The highest BCUT2D eigenvalue weighted by Gasteiger charge is 2.17. The number of phenolic OH excluding ortho intramolecular Hbond substituents is 1. The van der Waals surface area contributed by atoms with E-state index in [1.54, 1.807) is 29.1 Å².